The molecule has 0 unspecified atom stereocenters. The molecule has 158 valence electrons. The van der Waals surface area contributed by atoms with Crippen LogP contribution in [0.1, 0.15) is 35.3 Å². The number of benzene rings is 3. The average molecular weight is 520 g/mol. The summed E-state index contributed by atoms with van der Waals surface area (Å²) < 4.78 is 11.9. The first-order valence-corrected chi connectivity index (χ1v) is 11.2. The first-order chi connectivity index (χ1) is 15.0. The maximum Gasteiger partial charge on any atom is 0.231 e. The fourth-order valence-electron chi connectivity index (χ4n) is 3.84. The molecule has 5 rings (SSSR count). The quantitative estimate of drug-likeness (QED) is 0.419. The van der Waals surface area contributed by atoms with Gasteiger partial charge in [-0.1, -0.05) is 45.2 Å². The summed E-state index contributed by atoms with van der Waals surface area (Å²) >= 11 is 16.1. The van der Waals surface area contributed by atoms with E-state index in [1.807, 2.05) is 36.4 Å². The number of aliphatic imine (C=N–C) groups is 1. The third kappa shape index (κ3) is 4.13. The second kappa shape index (κ2) is 8.36. The molecule has 2 N–H and O–H groups in total. The van der Waals surface area contributed by atoms with Crippen LogP contribution < -0.4 is 14.8 Å². The standard InChI is InChI=1S/C23H17BrCl2N2O3/c24-13-2-5-20(29)16(8-13)19-10-18(12-1-6-21-22(7-12)31-11-30-21)27-23(28-19)15-4-3-14(25)9-17(15)26/h1-9,19,23,28-29H,10-11H2/t19-,23-/m0/s1. The van der Waals surface area contributed by atoms with E-state index in [-0.39, 0.29) is 18.6 Å². The number of phenolic OH excluding ortho intramolecular Hbond substituents is 1. The molecule has 2 heterocycles. The van der Waals surface area contributed by atoms with Gasteiger partial charge in [-0.15, -0.1) is 0 Å². The van der Waals surface area contributed by atoms with Crippen LogP contribution in [0, 0.1) is 0 Å². The van der Waals surface area contributed by atoms with E-state index in [1.165, 1.54) is 0 Å². The van der Waals surface area contributed by atoms with Crippen molar-refractivity contribution in [2.24, 2.45) is 4.99 Å². The van der Waals surface area contributed by atoms with E-state index in [0.717, 1.165) is 32.6 Å². The van der Waals surface area contributed by atoms with Crippen molar-refractivity contribution in [3.05, 3.63) is 85.8 Å². The molecular weight excluding hydrogens is 503 g/mol. The van der Waals surface area contributed by atoms with Gasteiger partial charge in [-0.3, -0.25) is 10.3 Å². The lowest BCUT2D eigenvalue weighted by atomic mass is 9.93. The third-order valence-electron chi connectivity index (χ3n) is 5.37. The molecule has 31 heavy (non-hydrogen) atoms. The smallest absolute Gasteiger partial charge is 0.231 e. The zero-order chi connectivity index (χ0) is 21.5. The molecule has 0 spiro atoms. The lowest BCUT2D eigenvalue weighted by molar-refractivity contribution is 0.174. The summed E-state index contributed by atoms with van der Waals surface area (Å²) in [4.78, 5) is 4.95. The zero-order valence-corrected chi connectivity index (χ0v) is 19.2. The SMILES string of the molecule is Oc1ccc(Br)cc1[C@@H]1CC(c2ccc3c(c2)OCO3)=N[C@H](c2ccc(Cl)cc2Cl)N1. The molecule has 0 amide bonds. The number of phenols is 1. The molecule has 2 atom stereocenters. The van der Waals surface area contributed by atoms with Crippen molar-refractivity contribution in [1.29, 1.82) is 0 Å². The Morgan fingerprint density at radius 2 is 1.81 bits per heavy atom. The van der Waals surface area contributed by atoms with Gasteiger partial charge in [0.25, 0.3) is 0 Å². The van der Waals surface area contributed by atoms with Crippen LogP contribution >= 0.6 is 39.1 Å². The van der Waals surface area contributed by atoms with Gasteiger partial charge in [0.15, 0.2) is 11.5 Å². The fourth-order valence-corrected chi connectivity index (χ4v) is 4.73. The maximum atomic E-state index is 10.5. The maximum absolute atomic E-state index is 10.5. The molecule has 5 nitrogen and oxygen atoms in total. The topological polar surface area (TPSA) is 63.1 Å². The van der Waals surface area contributed by atoms with Crippen LogP contribution in [0.2, 0.25) is 10.0 Å². The molecule has 0 bridgehead atoms. The zero-order valence-electron chi connectivity index (χ0n) is 16.1. The molecule has 0 saturated carbocycles. The van der Waals surface area contributed by atoms with Crippen molar-refractivity contribution >= 4 is 44.8 Å². The van der Waals surface area contributed by atoms with Crippen LogP contribution in [0.15, 0.2) is 64.1 Å². The summed E-state index contributed by atoms with van der Waals surface area (Å²) in [6.45, 7) is 0.213. The third-order valence-corrected chi connectivity index (χ3v) is 6.43. The summed E-state index contributed by atoms with van der Waals surface area (Å²) in [5.41, 5.74) is 3.39. The highest BCUT2D eigenvalue weighted by molar-refractivity contribution is 9.10. The summed E-state index contributed by atoms with van der Waals surface area (Å²) in [7, 11) is 0. The highest BCUT2D eigenvalue weighted by Crippen LogP contribution is 2.39. The van der Waals surface area contributed by atoms with Gasteiger partial charge in [0.05, 0.1) is 0 Å². The highest BCUT2D eigenvalue weighted by Gasteiger charge is 2.29. The van der Waals surface area contributed by atoms with Crippen LogP contribution in [-0.4, -0.2) is 17.6 Å². The lowest BCUT2D eigenvalue weighted by Gasteiger charge is -2.31. The van der Waals surface area contributed by atoms with Gasteiger partial charge in [-0.25, -0.2) is 0 Å². The molecule has 2 aliphatic rings. The number of hydrogen-bond acceptors (Lipinski definition) is 5. The Morgan fingerprint density at radius 1 is 0.968 bits per heavy atom. The van der Waals surface area contributed by atoms with Gasteiger partial charge < -0.3 is 14.6 Å². The minimum absolute atomic E-state index is 0.188. The van der Waals surface area contributed by atoms with E-state index < -0.39 is 6.17 Å². The monoisotopic (exact) mass is 518 g/mol. The van der Waals surface area contributed by atoms with Gasteiger partial charge >= 0.3 is 0 Å². The fraction of sp³-hybridized carbons (Fsp3) is 0.174. The highest BCUT2D eigenvalue weighted by atomic mass is 79.9. The van der Waals surface area contributed by atoms with Crippen molar-refractivity contribution in [2.45, 2.75) is 18.6 Å². The molecule has 0 aliphatic carbocycles. The number of aromatic hydroxyl groups is 1. The number of ether oxygens (including phenoxy) is 2. The van der Waals surface area contributed by atoms with Crippen molar-refractivity contribution in [3.8, 4) is 17.2 Å². The van der Waals surface area contributed by atoms with E-state index in [9.17, 15) is 5.11 Å². The predicted molar refractivity (Wildman–Crippen MR) is 125 cm³/mol. The number of nitrogens with one attached hydrogen (secondary N) is 1. The van der Waals surface area contributed by atoms with Crippen molar-refractivity contribution < 1.29 is 14.6 Å². The Hall–Kier alpha value is -2.25. The number of fused-ring (bicyclic) bond motifs is 1. The summed E-state index contributed by atoms with van der Waals surface area (Å²) in [5, 5.41) is 15.1. The number of nitrogens with zero attached hydrogens (tertiary/aromatic N) is 1. The number of halogens is 3. The molecule has 3 aromatic rings. The van der Waals surface area contributed by atoms with Crippen molar-refractivity contribution in [3.63, 3.8) is 0 Å². The average Bonchev–Trinajstić information content (AvgIpc) is 3.23. The van der Waals surface area contributed by atoms with Crippen LogP contribution in [0.5, 0.6) is 17.2 Å². The molecule has 8 heteroatoms. The van der Waals surface area contributed by atoms with E-state index in [0.29, 0.717) is 22.2 Å². The molecular formula is C23H17BrCl2N2O3. The van der Waals surface area contributed by atoms with Crippen LogP contribution in [0.25, 0.3) is 0 Å². The molecule has 0 radical (unpaired) electrons. The van der Waals surface area contributed by atoms with E-state index in [1.54, 1.807) is 18.2 Å². The second-order valence-electron chi connectivity index (χ2n) is 7.34. The largest absolute Gasteiger partial charge is 0.508 e. The van der Waals surface area contributed by atoms with Gasteiger partial charge in [0.1, 0.15) is 11.9 Å². The molecule has 0 aromatic heterocycles. The van der Waals surface area contributed by atoms with Gasteiger partial charge in [0, 0.05) is 43.8 Å². The van der Waals surface area contributed by atoms with E-state index in [4.69, 9.17) is 37.7 Å². The number of hydrogen-bond donors (Lipinski definition) is 2. The van der Waals surface area contributed by atoms with Crippen molar-refractivity contribution in [1.82, 2.24) is 5.32 Å². The van der Waals surface area contributed by atoms with E-state index in [2.05, 4.69) is 21.2 Å². The minimum atomic E-state index is -0.415. The summed E-state index contributed by atoms with van der Waals surface area (Å²) in [6.07, 6.45) is 0.160. The van der Waals surface area contributed by atoms with Crippen LogP contribution in [0.3, 0.4) is 0 Å². The Kier molecular flexibility index (Phi) is 5.56. The Balaban J connectivity index is 1.59. The molecule has 2 aliphatic heterocycles. The molecule has 0 fully saturated rings. The molecule has 0 saturated heterocycles. The Morgan fingerprint density at radius 3 is 2.65 bits per heavy atom. The molecule has 3 aromatic carbocycles. The summed E-state index contributed by atoms with van der Waals surface area (Å²) in [5.74, 6) is 1.63. The first-order valence-electron chi connectivity index (χ1n) is 9.64. The first kappa shape index (κ1) is 20.6. The van der Waals surface area contributed by atoms with Gasteiger partial charge in [-0.2, -0.15) is 0 Å². The number of rotatable bonds is 3. The van der Waals surface area contributed by atoms with Gasteiger partial charge in [0.2, 0.25) is 6.79 Å². The minimum Gasteiger partial charge on any atom is -0.508 e. The lowest BCUT2D eigenvalue weighted by Crippen LogP contribution is -2.33. The predicted octanol–water partition coefficient (Wildman–Crippen LogP) is 6.41. The summed E-state index contributed by atoms with van der Waals surface area (Å²) in [6, 6.07) is 16.4. The Labute approximate surface area is 197 Å². The van der Waals surface area contributed by atoms with Gasteiger partial charge in [-0.05, 0) is 54.1 Å². The Bertz CT molecular complexity index is 1200. The van der Waals surface area contributed by atoms with Crippen LogP contribution in [0.4, 0.5) is 0 Å². The van der Waals surface area contributed by atoms with Crippen molar-refractivity contribution in [2.75, 3.05) is 6.79 Å². The van der Waals surface area contributed by atoms with Crippen LogP contribution in [-0.2, 0) is 0 Å². The normalized spacial score (nSPS) is 19.9. The van der Waals surface area contributed by atoms with E-state index >= 15 is 0 Å². The second-order valence-corrected chi connectivity index (χ2v) is 9.10.